The maximum Gasteiger partial charge on any atom is 0.0286 e. The number of rotatable bonds is 6. The molecule has 0 aliphatic rings. The highest BCUT2D eigenvalue weighted by Crippen LogP contribution is 2.14. The van der Waals surface area contributed by atoms with Crippen LogP contribution in [0.2, 0.25) is 0 Å². The van der Waals surface area contributed by atoms with E-state index in [1.165, 1.54) is 6.42 Å². The molecular weight excluding hydrogens is 170 g/mol. The van der Waals surface area contributed by atoms with Crippen molar-refractivity contribution in [1.82, 2.24) is 5.32 Å². The highest BCUT2D eigenvalue weighted by Gasteiger charge is 2.14. The van der Waals surface area contributed by atoms with Crippen LogP contribution in [0.25, 0.3) is 0 Å². The first kappa shape index (κ1) is 12.2. The van der Waals surface area contributed by atoms with Crippen molar-refractivity contribution in [3.63, 3.8) is 0 Å². The lowest BCUT2D eigenvalue weighted by atomic mass is 9.96. The van der Waals surface area contributed by atoms with Gasteiger partial charge in [-0.1, -0.05) is 27.7 Å². The number of alkyl halides is 1. The molecule has 12 heavy (non-hydrogen) atoms. The first-order valence-corrected chi connectivity index (χ1v) is 5.28. The van der Waals surface area contributed by atoms with Gasteiger partial charge in [-0.25, -0.2) is 0 Å². The number of halogens is 1. The Hall–Kier alpha value is 0.250. The van der Waals surface area contributed by atoms with Crippen molar-refractivity contribution in [2.45, 2.75) is 34.1 Å². The summed E-state index contributed by atoms with van der Waals surface area (Å²) in [5.41, 5.74) is 0.235. The van der Waals surface area contributed by atoms with Crippen molar-refractivity contribution in [2.75, 3.05) is 19.0 Å². The molecule has 0 atom stereocenters. The maximum absolute atomic E-state index is 5.79. The Balaban J connectivity index is 3.31. The van der Waals surface area contributed by atoms with Crippen LogP contribution in [0.1, 0.15) is 34.1 Å². The summed E-state index contributed by atoms with van der Waals surface area (Å²) in [5.74, 6) is 1.51. The third kappa shape index (κ3) is 6.93. The normalized spacial score (nSPS) is 12.5. The van der Waals surface area contributed by atoms with Gasteiger partial charge in [0, 0.05) is 12.4 Å². The molecule has 0 aliphatic carbocycles. The van der Waals surface area contributed by atoms with Crippen LogP contribution in [0.15, 0.2) is 0 Å². The van der Waals surface area contributed by atoms with Crippen LogP contribution < -0.4 is 5.32 Å². The maximum atomic E-state index is 5.79. The monoisotopic (exact) mass is 191 g/mol. The van der Waals surface area contributed by atoms with Gasteiger partial charge in [0.25, 0.3) is 0 Å². The van der Waals surface area contributed by atoms with Gasteiger partial charge in [-0.3, -0.25) is 0 Å². The molecule has 0 aromatic carbocycles. The summed E-state index contributed by atoms with van der Waals surface area (Å²) in [4.78, 5) is 0. The molecule has 0 rings (SSSR count). The van der Waals surface area contributed by atoms with Crippen molar-refractivity contribution in [3.05, 3.63) is 0 Å². The van der Waals surface area contributed by atoms with Gasteiger partial charge in [-0.2, -0.15) is 0 Å². The van der Waals surface area contributed by atoms with Crippen LogP contribution in [-0.2, 0) is 0 Å². The minimum atomic E-state index is 0.235. The summed E-state index contributed by atoms with van der Waals surface area (Å²) in [6, 6.07) is 0. The second kappa shape index (κ2) is 5.82. The summed E-state index contributed by atoms with van der Waals surface area (Å²) in [6.07, 6.45) is 1.25. The number of hydrogen-bond donors (Lipinski definition) is 1. The molecule has 0 spiro atoms. The van der Waals surface area contributed by atoms with E-state index in [1.807, 2.05) is 0 Å². The molecule has 0 saturated carbocycles. The highest BCUT2D eigenvalue weighted by atomic mass is 35.5. The average molecular weight is 192 g/mol. The fraction of sp³-hybridized carbons (Fsp3) is 1.00. The van der Waals surface area contributed by atoms with Gasteiger partial charge >= 0.3 is 0 Å². The van der Waals surface area contributed by atoms with Crippen molar-refractivity contribution in [1.29, 1.82) is 0 Å². The molecule has 1 N–H and O–H groups in total. The molecule has 0 bridgehead atoms. The van der Waals surface area contributed by atoms with E-state index in [0.29, 0.717) is 0 Å². The SMILES string of the molecule is CC(C)CCNCC(C)(C)CCl. The molecule has 0 unspecified atom stereocenters. The van der Waals surface area contributed by atoms with Crippen LogP contribution in [0.3, 0.4) is 0 Å². The minimum Gasteiger partial charge on any atom is -0.316 e. The lowest BCUT2D eigenvalue weighted by Crippen LogP contribution is -2.31. The van der Waals surface area contributed by atoms with Gasteiger partial charge in [0.2, 0.25) is 0 Å². The summed E-state index contributed by atoms with van der Waals surface area (Å²) >= 11 is 5.79. The fourth-order valence-electron chi connectivity index (χ4n) is 0.865. The van der Waals surface area contributed by atoms with E-state index in [4.69, 9.17) is 11.6 Å². The van der Waals surface area contributed by atoms with E-state index >= 15 is 0 Å². The molecule has 0 fully saturated rings. The standard InChI is InChI=1S/C10H22ClN/c1-9(2)5-6-12-8-10(3,4)7-11/h9,12H,5-8H2,1-4H3. The molecule has 1 nitrogen and oxygen atoms in total. The van der Waals surface area contributed by atoms with Crippen molar-refractivity contribution in [3.8, 4) is 0 Å². The predicted octanol–water partition coefficient (Wildman–Crippen LogP) is 2.89. The fourth-order valence-corrected chi connectivity index (χ4v) is 0.959. The van der Waals surface area contributed by atoms with Gasteiger partial charge in [0.1, 0.15) is 0 Å². The van der Waals surface area contributed by atoms with E-state index in [2.05, 4.69) is 33.0 Å². The molecule has 0 aromatic heterocycles. The Labute approximate surface area is 81.9 Å². The van der Waals surface area contributed by atoms with Crippen LogP contribution in [0, 0.1) is 11.3 Å². The first-order chi connectivity index (χ1) is 5.48. The Morgan fingerprint density at radius 2 is 1.92 bits per heavy atom. The summed E-state index contributed by atoms with van der Waals surface area (Å²) < 4.78 is 0. The van der Waals surface area contributed by atoms with Crippen molar-refractivity contribution in [2.24, 2.45) is 11.3 Å². The predicted molar refractivity (Wildman–Crippen MR) is 56.8 cm³/mol. The van der Waals surface area contributed by atoms with Crippen LogP contribution >= 0.6 is 11.6 Å². The first-order valence-electron chi connectivity index (χ1n) is 4.74. The Bertz CT molecular complexity index is 110. The van der Waals surface area contributed by atoms with Gasteiger partial charge in [-0.05, 0) is 24.3 Å². The van der Waals surface area contributed by atoms with Crippen molar-refractivity contribution >= 4 is 11.6 Å². The highest BCUT2D eigenvalue weighted by molar-refractivity contribution is 6.18. The van der Waals surface area contributed by atoms with Crippen molar-refractivity contribution < 1.29 is 0 Å². The van der Waals surface area contributed by atoms with Gasteiger partial charge in [0.15, 0.2) is 0 Å². The zero-order valence-electron chi connectivity index (χ0n) is 8.78. The second-order valence-electron chi connectivity index (χ2n) is 4.66. The number of nitrogens with one attached hydrogen (secondary N) is 1. The molecule has 0 amide bonds. The third-order valence-electron chi connectivity index (χ3n) is 1.86. The second-order valence-corrected chi connectivity index (χ2v) is 4.92. The molecule has 2 heteroatoms. The molecular formula is C10H22ClN. The van der Waals surface area contributed by atoms with Crippen LogP contribution in [0.5, 0.6) is 0 Å². The quantitative estimate of drug-likeness (QED) is 0.503. The molecule has 0 radical (unpaired) electrons. The third-order valence-corrected chi connectivity index (χ3v) is 2.59. The molecule has 74 valence electrons. The van der Waals surface area contributed by atoms with E-state index in [9.17, 15) is 0 Å². The Kier molecular flexibility index (Phi) is 5.94. The minimum absolute atomic E-state index is 0.235. The van der Waals surface area contributed by atoms with E-state index in [0.717, 1.165) is 24.9 Å². The summed E-state index contributed by atoms with van der Waals surface area (Å²) in [5, 5.41) is 3.42. The van der Waals surface area contributed by atoms with E-state index in [1.54, 1.807) is 0 Å². The lowest BCUT2D eigenvalue weighted by molar-refractivity contribution is 0.377. The van der Waals surface area contributed by atoms with Gasteiger partial charge < -0.3 is 5.32 Å². The van der Waals surface area contributed by atoms with Crippen LogP contribution in [0.4, 0.5) is 0 Å². The van der Waals surface area contributed by atoms with Crippen LogP contribution in [-0.4, -0.2) is 19.0 Å². The lowest BCUT2D eigenvalue weighted by Gasteiger charge is -2.21. The number of hydrogen-bond acceptors (Lipinski definition) is 1. The Morgan fingerprint density at radius 1 is 1.33 bits per heavy atom. The Morgan fingerprint density at radius 3 is 2.33 bits per heavy atom. The average Bonchev–Trinajstić information content (AvgIpc) is 1.98. The molecule has 0 saturated heterocycles. The zero-order valence-corrected chi connectivity index (χ0v) is 9.54. The molecule has 0 aromatic rings. The van der Waals surface area contributed by atoms with Gasteiger partial charge in [-0.15, -0.1) is 11.6 Å². The van der Waals surface area contributed by atoms with E-state index in [-0.39, 0.29) is 5.41 Å². The molecule has 0 heterocycles. The van der Waals surface area contributed by atoms with Gasteiger partial charge in [0.05, 0.1) is 0 Å². The topological polar surface area (TPSA) is 12.0 Å². The zero-order chi connectivity index (χ0) is 9.61. The summed E-state index contributed by atoms with van der Waals surface area (Å²) in [7, 11) is 0. The largest absolute Gasteiger partial charge is 0.316 e. The van der Waals surface area contributed by atoms with E-state index < -0.39 is 0 Å². The summed E-state index contributed by atoms with van der Waals surface area (Å²) in [6.45, 7) is 11.0. The smallest absolute Gasteiger partial charge is 0.0286 e. The molecule has 0 aliphatic heterocycles.